The van der Waals surface area contributed by atoms with E-state index >= 15 is 0 Å². The number of hydrogen-bond donors (Lipinski definition) is 1. The Bertz CT molecular complexity index is 185. The molecule has 0 radical (unpaired) electrons. The Morgan fingerprint density at radius 1 is 1.62 bits per heavy atom. The van der Waals surface area contributed by atoms with Crippen molar-refractivity contribution in [1.82, 2.24) is 5.43 Å². The van der Waals surface area contributed by atoms with Gasteiger partial charge in [0.1, 0.15) is 0 Å². The maximum Gasteiger partial charge on any atom is 0.0655 e. The first-order chi connectivity index (χ1) is 6.31. The van der Waals surface area contributed by atoms with Gasteiger partial charge in [0, 0.05) is 12.8 Å². The fourth-order valence-corrected chi connectivity index (χ4v) is 0.703. The molecule has 0 saturated carbocycles. The Hall–Kier alpha value is -1.09. The molecule has 0 heterocycles. The normalized spacial score (nSPS) is 12.0. The molecular weight excluding hydrogens is 164 g/mol. The molecule has 1 N–H and O–H groups in total. The maximum atomic E-state index is 5.12. The van der Waals surface area contributed by atoms with E-state index < -0.39 is 0 Å². The first kappa shape index (κ1) is 11.9. The lowest BCUT2D eigenvalue weighted by atomic mass is 10.3. The van der Waals surface area contributed by atoms with Crippen LogP contribution in [0.1, 0.15) is 13.8 Å². The largest absolute Gasteiger partial charge is 0.380 e. The van der Waals surface area contributed by atoms with E-state index in [0.717, 1.165) is 18.7 Å². The summed E-state index contributed by atoms with van der Waals surface area (Å²) in [5.41, 5.74) is 3.95. The quantitative estimate of drug-likeness (QED) is 0.281. The van der Waals surface area contributed by atoms with Gasteiger partial charge in [-0.05, 0) is 19.4 Å². The number of nitrogens with one attached hydrogen (secondary N) is 1. The van der Waals surface area contributed by atoms with E-state index in [4.69, 9.17) is 4.74 Å². The van der Waals surface area contributed by atoms with Crippen molar-refractivity contribution >= 4 is 6.21 Å². The van der Waals surface area contributed by atoms with Crippen molar-refractivity contribution in [3.8, 4) is 0 Å². The van der Waals surface area contributed by atoms with Crippen LogP contribution < -0.4 is 5.43 Å². The molecule has 0 fully saturated rings. The number of hydrazone groups is 1. The molecule has 0 aliphatic carbocycles. The predicted octanol–water partition coefficient (Wildman–Crippen LogP) is 1.73. The molecule has 74 valence electrons. The highest BCUT2D eigenvalue weighted by Gasteiger charge is 1.82. The summed E-state index contributed by atoms with van der Waals surface area (Å²) >= 11 is 0. The molecule has 0 aliphatic rings. The van der Waals surface area contributed by atoms with Crippen LogP contribution in [0.3, 0.4) is 0 Å². The lowest BCUT2D eigenvalue weighted by molar-refractivity contribution is 0.149. The molecular formula is C10H18N2O. The highest BCUT2D eigenvalue weighted by atomic mass is 16.5. The third-order valence-electron chi connectivity index (χ3n) is 1.30. The lowest BCUT2D eigenvalue weighted by Crippen LogP contribution is -2.13. The summed E-state index contributed by atoms with van der Waals surface area (Å²) in [5.74, 6) is 0. The fraction of sp³-hybridized carbons (Fsp3) is 0.500. The highest BCUT2D eigenvalue weighted by Crippen LogP contribution is 1.85. The van der Waals surface area contributed by atoms with Gasteiger partial charge in [-0.1, -0.05) is 18.7 Å². The van der Waals surface area contributed by atoms with Gasteiger partial charge in [0.05, 0.1) is 13.2 Å². The van der Waals surface area contributed by atoms with Gasteiger partial charge in [-0.3, -0.25) is 0 Å². The van der Waals surface area contributed by atoms with Crippen molar-refractivity contribution in [2.24, 2.45) is 5.10 Å². The van der Waals surface area contributed by atoms with Gasteiger partial charge < -0.3 is 10.2 Å². The SMILES string of the molecule is C=C/C=C(C)\C=N/NCCOCC. The van der Waals surface area contributed by atoms with Crippen LogP contribution in [-0.2, 0) is 4.74 Å². The van der Waals surface area contributed by atoms with Crippen molar-refractivity contribution in [2.75, 3.05) is 19.8 Å². The molecule has 0 aromatic carbocycles. The molecule has 0 aromatic heterocycles. The van der Waals surface area contributed by atoms with E-state index in [9.17, 15) is 0 Å². The van der Waals surface area contributed by atoms with Crippen molar-refractivity contribution in [2.45, 2.75) is 13.8 Å². The Kier molecular flexibility index (Phi) is 8.25. The standard InChI is InChI=1S/C10H18N2O/c1-4-6-10(3)9-12-11-7-8-13-5-2/h4,6,9,11H,1,5,7-8H2,2-3H3/b10-6-,12-9-. The van der Waals surface area contributed by atoms with Gasteiger partial charge in [0.2, 0.25) is 0 Å². The van der Waals surface area contributed by atoms with Gasteiger partial charge >= 0.3 is 0 Å². The first-order valence-electron chi connectivity index (χ1n) is 4.44. The smallest absolute Gasteiger partial charge is 0.0655 e. The van der Waals surface area contributed by atoms with Crippen LogP contribution in [0.4, 0.5) is 0 Å². The molecule has 0 bridgehead atoms. The zero-order valence-electron chi connectivity index (χ0n) is 8.42. The van der Waals surface area contributed by atoms with Crippen molar-refractivity contribution in [3.05, 3.63) is 24.3 Å². The number of nitrogens with zero attached hydrogens (tertiary/aromatic N) is 1. The second-order valence-corrected chi connectivity index (χ2v) is 2.51. The summed E-state index contributed by atoms with van der Waals surface area (Å²) in [7, 11) is 0. The zero-order valence-corrected chi connectivity index (χ0v) is 8.42. The van der Waals surface area contributed by atoms with Crippen LogP contribution in [0.25, 0.3) is 0 Å². The Morgan fingerprint density at radius 2 is 2.38 bits per heavy atom. The molecule has 0 atom stereocenters. The topological polar surface area (TPSA) is 33.6 Å². The molecule has 13 heavy (non-hydrogen) atoms. The van der Waals surface area contributed by atoms with Gasteiger partial charge in [0.25, 0.3) is 0 Å². The minimum atomic E-state index is 0.693. The molecule has 0 spiro atoms. The number of ether oxygens (including phenoxy) is 1. The van der Waals surface area contributed by atoms with Gasteiger partial charge in [-0.15, -0.1) is 0 Å². The summed E-state index contributed by atoms with van der Waals surface area (Å²) in [5, 5.41) is 3.99. The molecule has 3 nitrogen and oxygen atoms in total. The molecule has 0 aromatic rings. The highest BCUT2D eigenvalue weighted by molar-refractivity contribution is 5.77. The predicted molar refractivity (Wildman–Crippen MR) is 56.9 cm³/mol. The Morgan fingerprint density at radius 3 is 3.00 bits per heavy atom. The Labute approximate surface area is 80.2 Å². The number of hydrogen-bond acceptors (Lipinski definition) is 3. The minimum absolute atomic E-state index is 0.693. The second-order valence-electron chi connectivity index (χ2n) is 2.51. The van der Waals surface area contributed by atoms with Crippen molar-refractivity contribution in [3.63, 3.8) is 0 Å². The summed E-state index contributed by atoms with van der Waals surface area (Å²) in [4.78, 5) is 0. The summed E-state index contributed by atoms with van der Waals surface area (Å²) in [6.07, 6.45) is 5.39. The average molecular weight is 182 g/mol. The molecule has 0 saturated heterocycles. The maximum absolute atomic E-state index is 5.12. The zero-order chi connectivity index (χ0) is 9.94. The third kappa shape index (κ3) is 8.82. The van der Waals surface area contributed by atoms with E-state index in [0.29, 0.717) is 6.61 Å². The second kappa shape index (κ2) is 9.00. The molecule has 3 heteroatoms. The molecule has 0 unspecified atom stereocenters. The van der Waals surface area contributed by atoms with Gasteiger partial charge in [-0.25, -0.2) is 0 Å². The van der Waals surface area contributed by atoms with Crippen LogP contribution in [0.5, 0.6) is 0 Å². The summed E-state index contributed by atoms with van der Waals surface area (Å²) < 4.78 is 5.12. The average Bonchev–Trinajstić information content (AvgIpc) is 2.11. The van der Waals surface area contributed by atoms with Gasteiger partial charge in [0.15, 0.2) is 0 Å². The molecule has 0 rings (SSSR count). The molecule has 0 amide bonds. The van der Waals surface area contributed by atoms with E-state index in [1.165, 1.54) is 0 Å². The van der Waals surface area contributed by atoms with E-state index in [2.05, 4.69) is 17.1 Å². The van der Waals surface area contributed by atoms with Crippen molar-refractivity contribution < 1.29 is 4.74 Å². The van der Waals surface area contributed by atoms with Crippen LogP contribution in [0.2, 0.25) is 0 Å². The van der Waals surface area contributed by atoms with E-state index in [1.54, 1.807) is 12.3 Å². The van der Waals surface area contributed by atoms with E-state index in [1.807, 2.05) is 19.9 Å². The van der Waals surface area contributed by atoms with Gasteiger partial charge in [-0.2, -0.15) is 5.10 Å². The summed E-state index contributed by atoms with van der Waals surface area (Å²) in [6, 6.07) is 0. The van der Waals surface area contributed by atoms with Crippen LogP contribution in [0, 0.1) is 0 Å². The lowest BCUT2D eigenvalue weighted by Gasteiger charge is -1.99. The van der Waals surface area contributed by atoms with Crippen LogP contribution in [-0.4, -0.2) is 26.0 Å². The minimum Gasteiger partial charge on any atom is -0.380 e. The third-order valence-corrected chi connectivity index (χ3v) is 1.30. The first-order valence-corrected chi connectivity index (χ1v) is 4.44. The number of rotatable bonds is 7. The van der Waals surface area contributed by atoms with Crippen molar-refractivity contribution in [1.29, 1.82) is 0 Å². The van der Waals surface area contributed by atoms with Crippen LogP contribution in [0.15, 0.2) is 29.4 Å². The Balaban J connectivity index is 3.40. The summed E-state index contributed by atoms with van der Waals surface area (Å²) in [6.45, 7) is 9.72. The number of allylic oxidation sites excluding steroid dienone is 3. The van der Waals surface area contributed by atoms with E-state index in [-0.39, 0.29) is 0 Å². The van der Waals surface area contributed by atoms with Crippen LogP contribution >= 0.6 is 0 Å². The fourth-order valence-electron chi connectivity index (χ4n) is 0.703. The monoisotopic (exact) mass is 182 g/mol. The molecule has 0 aliphatic heterocycles.